The van der Waals surface area contributed by atoms with Gasteiger partial charge >= 0.3 is 6.18 Å². The number of hydrogen-bond acceptors (Lipinski definition) is 3. The normalized spacial score (nSPS) is 12.1. The summed E-state index contributed by atoms with van der Waals surface area (Å²) in [7, 11) is -3.99. The first kappa shape index (κ1) is 23.7. The van der Waals surface area contributed by atoms with E-state index in [1.54, 1.807) is 12.1 Å². The fraction of sp³-hybridized carbons (Fsp3) is 0.125. The largest absolute Gasteiger partial charge is 0.435 e. The molecule has 10 heteroatoms. The quantitative estimate of drug-likeness (QED) is 0.382. The van der Waals surface area contributed by atoms with Crippen LogP contribution in [0.25, 0.3) is 16.9 Å². The molecule has 2 N–H and O–H groups in total. The van der Waals surface area contributed by atoms with Gasteiger partial charge in [-0.3, -0.25) is 0 Å². The van der Waals surface area contributed by atoms with Crippen LogP contribution in [0.5, 0.6) is 0 Å². The van der Waals surface area contributed by atoms with Crippen molar-refractivity contribution in [3.05, 3.63) is 102 Å². The van der Waals surface area contributed by atoms with E-state index in [1.807, 2.05) is 18.2 Å². The van der Waals surface area contributed by atoms with Crippen LogP contribution in [0.4, 0.5) is 17.6 Å². The molecule has 1 aromatic heterocycles. The van der Waals surface area contributed by atoms with Crippen molar-refractivity contribution in [2.75, 3.05) is 0 Å². The van der Waals surface area contributed by atoms with E-state index in [2.05, 4.69) is 5.10 Å². The van der Waals surface area contributed by atoms with E-state index in [0.717, 1.165) is 22.4 Å². The van der Waals surface area contributed by atoms with Gasteiger partial charge in [-0.05, 0) is 66.9 Å². The van der Waals surface area contributed by atoms with E-state index in [4.69, 9.17) is 5.14 Å². The summed E-state index contributed by atoms with van der Waals surface area (Å²) in [6.45, 7) is 0. The lowest BCUT2D eigenvalue weighted by atomic mass is 9.98. The van der Waals surface area contributed by atoms with Gasteiger partial charge in [-0.2, -0.15) is 18.3 Å². The van der Waals surface area contributed by atoms with Crippen LogP contribution in [0.3, 0.4) is 0 Å². The molecule has 4 rings (SSSR count). The Bertz CT molecular complexity index is 1400. The summed E-state index contributed by atoms with van der Waals surface area (Å²) < 4.78 is 80.0. The van der Waals surface area contributed by atoms with Crippen LogP contribution in [0.15, 0.2) is 83.8 Å². The standard InChI is InChI=1S/C24H19F4N3O2S/c25-18-9-7-17(8-10-18)22-21(15-6-16-4-2-1-3-5-16)23(24(26,27)28)30-31(22)19-11-13-20(14-12-19)34(29,32)33/h1-5,7-14H,6,15H2,(H2,29,32,33). The van der Waals surface area contributed by atoms with Gasteiger partial charge < -0.3 is 0 Å². The Hall–Kier alpha value is -3.50. The van der Waals surface area contributed by atoms with Crippen LogP contribution in [0.2, 0.25) is 0 Å². The first-order valence-corrected chi connectivity index (χ1v) is 11.7. The fourth-order valence-corrected chi connectivity index (χ4v) is 4.21. The minimum Gasteiger partial charge on any atom is -0.232 e. The van der Waals surface area contributed by atoms with Crippen LogP contribution in [-0.2, 0) is 29.0 Å². The molecular weight excluding hydrogens is 470 g/mol. The number of rotatable bonds is 6. The van der Waals surface area contributed by atoms with Crippen LogP contribution >= 0.6 is 0 Å². The second-order valence-corrected chi connectivity index (χ2v) is 9.18. The van der Waals surface area contributed by atoms with Gasteiger partial charge in [0.05, 0.1) is 16.3 Å². The highest BCUT2D eigenvalue weighted by Crippen LogP contribution is 2.38. The summed E-state index contributed by atoms with van der Waals surface area (Å²) in [5.41, 5.74) is 0.431. The number of sulfonamides is 1. The number of aromatic nitrogens is 2. The lowest BCUT2D eigenvalue weighted by Crippen LogP contribution is -2.12. The number of nitrogens with two attached hydrogens (primary N) is 1. The lowest BCUT2D eigenvalue weighted by molar-refractivity contribution is -0.141. The van der Waals surface area contributed by atoms with Gasteiger partial charge in [-0.15, -0.1) is 0 Å². The van der Waals surface area contributed by atoms with Gasteiger partial charge in [0.15, 0.2) is 5.69 Å². The molecular formula is C24H19F4N3O2S. The van der Waals surface area contributed by atoms with Gasteiger partial charge in [0.2, 0.25) is 10.0 Å². The number of alkyl halides is 3. The zero-order valence-corrected chi connectivity index (χ0v) is 18.4. The van der Waals surface area contributed by atoms with Gasteiger partial charge in [-0.25, -0.2) is 22.6 Å². The summed E-state index contributed by atoms with van der Waals surface area (Å²) in [6, 6.07) is 19.2. The third-order valence-electron chi connectivity index (χ3n) is 5.29. The van der Waals surface area contributed by atoms with Crippen molar-refractivity contribution in [2.24, 2.45) is 5.14 Å². The highest BCUT2D eigenvalue weighted by molar-refractivity contribution is 7.89. The predicted molar refractivity (Wildman–Crippen MR) is 119 cm³/mol. The number of hydrogen-bond donors (Lipinski definition) is 1. The summed E-state index contributed by atoms with van der Waals surface area (Å²) in [6.07, 6.45) is -4.39. The van der Waals surface area contributed by atoms with Crippen molar-refractivity contribution in [2.45, 2.75) is 23.9 Å². The third-order valence-corrected chi connectivity index (χ3v) is 6.22. The molecule has 0 bridgehead atoms. The monoisotopic (exact) mass is 489 g/mol. The smallest absolute Gasteiger partial charge is 0.232 e. The van der Waals surface area contributed by atoms with E-state index in [1.165, 1.54) is 36.4 Å². The van der Waals surface area contributed by atoms with Gasteiger partial charge in [0.1, 0.15) is 5.82 Å². The molecule has 4 aromatic rings. The summed E-state index contributed by atoms with van der Waals surface area (Å²) in [5, 5.41) is 9.00. The average Bonchev–Trinajstić information content (AvgIpc) is 3.18. The number of nitrogens with zero attached hydrogens (tertiary/aromatic N) is 2. The third kappa shape index (κ3) is 5.02. The summed E-state index contributed by atoms with van der Waals surface area (Å²) in [4.78, 5) is -0.188. The Labute approximate surface area is 193 Å². The molecule has 0 saturated carbocycles. The lowest BCUT2D eigenvalue weighted by Gasteiger charge is -2.12. The highest BCUT2D eigenvalue weighted by Gasteiger charge is 2.39. The molecule has 3 aromatic carbocycles. The SMILES string of the molecule is NS(=O)(=O)c1ccc(-n2nc(C(F)(F)F)c(CCc3ccccc3)c2-c2ccc(F)cc2)cc1. The van der Waals surface area contributed by atoms with Crippen LogP contribution in [0, 0.1) is 5.82 Å². The summed E-state index contributed by atoms with van der Waals surface area (Å²) in [5.74, 6) is -0.533. The van der Waals surface area contributed by atoms with Crippen LogP contribution in [-0.4, -0.2) is 18.2 Å². The fourth-order valence-electron chi connectivity index (χ4n) is 3.70. The molecule has 176 valence electrons. The first-order chi connectivity index (χ1) is 16.0. The van der Waals surface area contributed by atoms with E-state index < -0.39 is 27.7 Å². The van der Waals surface area contributed by atoms with E-state index in [-0.39, 0.29) is 28.3 Å². The molecule has 0 fully saturated rings. The second-order valence-electron chi connectivity index (χ2n) is 7.62. The zero-order valence-electron chi connectivity index (χ0n) is 17.6. The van der Waals surface area contributed by atoms with Crippen molar-refractivity contribution < 1.29 is 26.0 Å². The zero-order chi connectivity index (χ0) is 24.5. The van der Waals surface area contributed by atoms with Crippen molar-refractivity contribution in [3.63, 3.8) is 0 Å². The highest BCUT2D eigenvalue weighted by atomic mass is 32.2. The minimum absolute atomic E-state index is 0.0286. The number of primary sulfonamides is 1. The van der Waals surface area contributed by atoms with E-state index >= 15 is 0 Å². The second kappa shape index (κ2) is 9.03. The van der Waals surface area contributed by atoms with Crippen molar-refractivity contribution in [1.82, 2.24) is 9.78 Å². The average molecular weight is 489 g/mol. The predicted octanol–water partition coefficient (Wildman–Crippen LogP) is 5.13. The Morgan fingerprint density at radius 2 is 1.47 bits per heavy atom. The maximum absolute atomic E-state index is 14.1. The maximum atomic E-state index is 14.1. The molecule has 1 heterocycles. The molecule has 34 heavy (non-hydrogen) atoms. The molecule has 0 amide bonds. The number of aryl methyl sites for hydroxylation is 1. The van der Waals surface area contributed by atoms with Crippen LogP contribution in [0.1, 0.15) is 16.8 Å². The molecule has 0 spiro atoms. The minimum atomic E-state index is -4.74. The van der Waals surface area contributed by atoms with Crippen molar-refractivity contribution in [3.8, 4) is 16.9 Å². The molecule has 0 saturated heterocycles. The van der Waals surface area contributed by atoms with Gasteiger partial charge in [-0.1, -0.05) is 30.3 Å². The molecule has 0 unspecified atom stereocenters. The Morgan fingerprint density at radius 1 is 0.853 bits per heavy atom. The van der Waals surface area contributed by atoms with Crippen LogP contribution < -0.4 is 5.14 Å². The van der Waals surface area contributed by atoms with E-state index in [9.17, 15) is 26.0 Å². The molecule has 0 aliphatic heterocycles. The first-order valence-electron chi connectivity index (χ1n) is 10.2. The number of halogens is 4. The van der Waals surface area contributed by atoms with Crippen molar-refractivity contribution >= 4 is 10.0 Å². The van der Waals surface area contributed by atoms with Gasteiger partial charge in [0.25, 0.3) is 0 Å². The summed E-state index contributed by atoms with van der Waals surface area (Å²) >= 11 is 0. The topological polar surface area (TPSA) is 78.0 Å². The Morgan fingerprint density at radius 3 is 2.03 bits per heavy atom. The number of benzene rings is 3. The van der Waals surface area contributed by atoms with Crippen molar-refractivity contribution in [1.29, 1.82) is 0 Å². The molecule has 5 nitrogen and oxygen atoms in total. The maximum Gasteiger partial charge on any atom is 0.435 e. The molecule has 0 aliphatic carbocycles. The Kier molecular flexibility index (Phi) is 6.28. The molecule has 0 aliphatic rings. The van der Waals surface area contributed by atoms with E-state index in [0.29, 0.717) is 12.0 Å². The Balaban J connectivity index is 1.91. The molecule has 0 atom stereocenters. The van der Waals surface area contributed by atoms with Gasteiger partial charge in [0, 0.05) is 11.1 Å². The molecule has 0 radical (unpaired) electrons.